The van der Waals surface area contributed by atoms with Gasteiger partial charge in [-0.3, -0.25) is 18.8 Å². The van der Waals surface area contributed by atoms with Gasteiger partial charge in [-0.25, -0.2) is 4.98 Å². The molecule has 4 heterocycles. The molecule has 7 heteroatoms. The van der Waals surface area contributed by atoms with Gasteiger partial charge in [-0.1, -0.05) is 31.9 Å². The lowest BCUT2D eigenvalue weighted by Gasteiger charge is -2.06. The molecule has 1 aromatic carbocycles. The van der Waals surface area contributed by atoms with Gasteiger partial charge in [0.15, 0.2) is 5.78 Å². The lowest BCUT2D eigenvalue weighted by Crippen LogP contribution is -2.09. The Bertz CT molecular complexity index is 1490. The molecule has 5 rings (SSSR count). The van der Waals surface area contributed by atoms with Crippen LogP contribution in [0.3, 0.4) is 0 Å². The number of hydrogen-bond donors (Lipinski definition) is 1. The van der Waals surface area contributed by atoms with Gasteiger partial charge in [-0.05, 0) is 24.6 Å². The molecule has 0 bridgehead atoms. The Hall–Kier alpha value is -4.00. The van der Waals surface area contributed by atoms with E-state index in [0.717, 1.165) is 46.7 Å². The number of nitrogens with one attached hydrogen (secondary N) is 1. The minimum absolute atomic E-state index is 0.0560. The number of H-pyrrole nitrogens is 1. The van der Waals surface area contributed by atoms with Crippen LogP contribution in [0.25, 0.3) is 33.1 Å². The number of nitrogens with zero attached hydrogens (tertiary/aromatic N) is 4. The van der Waals surface area contributed by atoms with Crippen molar-refractivity contribution in [2.75, 3.05) is 0 Å². The van der Waals surface area contributed by atoms with Crippen LogP contribution >= 0.6 is 0 Å². The molecular weight excluding hydrogens is 414 g/mol. The molecule has 33 heavy (non-hydrogen) atoms. The van der Waals surface area contributed by atoms with Crippen LogP contribution in [0.1, 0.15) is 53.3 Å². The van der Waals surface area contributed by atoms with Gasteiger partial charge in [0, 0.05) is 71.3 Å². The summed E-state index contributed by atoms with van der Waals surface area (Å²) in [5.74, 6) is -0.0476. The van der Waals surface area contributed by atoms with Gasteiger partial charge in [0.05, 0.1) is 11.7 Å². The first-order valence-electron chi connectivity index (χ1n) is 11.2. The number of carbonyl (C=O) groups excluding carboxylic acids is 2. The van der Waals surface area contributed by atoms with E-state index in [4.69, 9.17) is 0 Å². The van der Waals surface area contributed by atoms with Gasteiger partial charge in [0.25, 0.3) is 0 Å². The minimum Gasteiger partial charge on any atom is -0.345 e. The van der Waals surface area contributed by atoms with E-state index in [9.17, 15) is 9.59 Å². The first-order valence-corrected chi connectivity index (χ1v) is 11.2. The van der Waals surface area contributed by atoms with E-state index >= 15 is 0 Å². The Kier molecular flexibility index (Phi) is 5.38. The Balaban J connectivity index is 1.53. The third-order valence-electron chi connectivity index (χ3n) is 6.05. The number of unbranched alkanes of at least 4 members (excludes halogenated alkanes) is 2. The van der Waals surface area contributed by atoms with Crippen LogP contribution in [0.2, 0.25) is 0 Å². The molecule has 0 radical (unpaired) electrons. The van der Waals surface area contributed by atoms with Crippen molar-refractivity contribution in [1.29, 1.82) is 0 Å². The minimum atomic E-state index is -0.104. The third-order valence-corrected chi connectivity index (χ3v) is 6.05. The van der Waals surface area contributed by atoms with Gasteiger partial charge in [0.1, 0.15) is 5.65 Å². The fourth-order valence-corrected chi connectivity index (χ4v) is 4.29. The van der Waals surface area contributed by atoms with E-state index in [2.05, 4.69) is 22.0 Å². The SMILES string of the molecule is CCCCCC(=O)n1ccc2c(C(=O)c3c[nH]c4ncc(-c5cnn(C)c5)cc34)cccc21. The van der Waals surface area contributed by atoms with Crippen LogP contribution < -0.4 is 0 Å². The number of fused-ring (bicyclic) bond motifs is 2. The summed E-state index contributed by atoms with van der Waals surface area (Å²) in [5, 5.41) is 5.76. The number of rotatable bonds is 7. The zero-order valence-corrected chi connectivity index (χ0v) is 18.7. The second kappa shape index (κ2) is 8.50. The van der Waals surface area contributed by atoms with Crippen LogP contribution in [-0.2, 0) is 7.05 Å². The summed E-state index contributed by atoms with van der Waals surface area (Å²) >= 11 is 0. The van der Waals surface area contributed by atoms with Crippen molar-refractivity contribution < 1.29 is 9.59 Å². The fourth-order valence-electron chi connectivity index (χ4n) is 4.29. The lowest BCUT2D eigenvalue weighted by atomic mass is 9.99. The number of carbonyl (C=O) groups is 2. The summed E-state index contributed by atoms with van der Waals surface area (Å²) in [6.07, 6.45) is 12.4. The second-order valence-corrected chi connectivity index (χ2v) is 8.33. The molecule has 0 spiro atoms. The molecule has 0 aliphatic rings. The van der Waals surface area contributed by atoms with Crippen molar-refractivity contribution in [1.82, 2.24) is 24.3 Å². The highest BCUT2D eigenvalue weighted by molar-refractivity contribution is 6.21. The number of hydrogen-bond acceptors (Lipinski definition) is 4. The standard InChI is InChI=1S/C26H25N5O2/c1-3-4-5-9-24(32)31-11-10-19-20(7-6-8-23(19)31)25(33)22-15-28-26-21(22)12-17(13-27-26)18-14-29-30(2)16-18/h6-8,10-16H,3-5,9H2,1-2H3,(H,27,28). The predicted octanol–water partition coefficient (Wildman–Crippen LogP) is 5.37. The smallest absolute Gasteiger partial charge is 0.231 e. The van der Waals surface area contributed by atoms with Crippen molar-refractivity contribution in [3.63, 3.8) is 0 Å². The molecule has 166 valence electrons. The summed E-state index contributed by atoms with van der Waals surface area (Å²) in [4.78, 5) is 33.9. The highest BCUT2D eigenvalue weighted by Crippen LogP contribution is 2.28. The summed E-state index contributed by atoms with van der Waals surface area (Å²) in [5.41, 5.74) is 4.37. The molecule has 5 aromatic rings. The first-order chi connectivity index (χ1) is 16.1. The molecule has 1 N–H and O–H groups in total. The average molecular weight is 440 g/mol. The van der Waals surface area contributed by atoms with E-state index in [-0.39, 0.29) is 11.7 Å². The highest BCUT2D eigenvalue weighted by Gasteiger charge is 2.20. The number of aromatic amines is 1. The summed E-state index contributed by atoms with van der Waals surface area (Å²) in [7, 11) is 1.86. The number of ketones is 1. The van der Waals surface area contributed by atoms with E-state index in [0.29, 0.717) is 23.2 Å². The van der Waals surface area contributed by atoms with Crippen molar-refractivity contribution in [3.8, 4) is 11.1 Å². The number of benzene rings is 1. The molecule has 0 fully saturated rings. The first kappa shape index (κ1) is 20.9. The zero-order chi connectivity index (χ0) is 22.9. The quantitative estimate of drug-likeness (QED) is 0.273. The van der Waals surface area contributed by atoms with Gasteiger partial charge in [0.2, 0.25) is 5.91 Å². The third kappa shape index (κ3) is 3.75. The molecule has 0 saturated carbocycles. The van der Waals surface area contributed by atoms with Crippen LogP contribution in [0.5, 0.6) is 0 Å². The van der Waals surface area contributed by atoms with E-state index < -0.39 is 0 Å². The Morgan fingerprint density at radius 1 is 1.03 bits per heavy atom. The molecule has 0 aliphatic heterocycles. The maximum Gasteiger partial charge on any atom is 0.231 e. The van der Waals surface area contributed by atoms with Crippen molar-refractivity contribution in [3.05, 3.63) is 72.4 Å². The van der Waals surface area contributed by atoms with Crippen LogP contribution in [0, 0.1) is 0 Å². The van der Waals surface area contributed by atoms with E-state index in [1.165, 1.54) is 0 Å². The number of pyridine rings is 1. The van der Waals surface area contributed by atoms with Crippen LogP contribution in [0.15, 0.2) is 61.3 Å². The molecule has 0 unspecified atom stereocenters. The van der Waals surface area contributed by atoms with Crippen LogP contribution in [-0.4, -0.2) is 36.0 Å². The monoisotopic (exact) mass is 439 g/mol. The van der Waals surface area contributed by atoms with Gasteiger partial charge >= 0.3 is 0 Å². The number of aryl methyl sites for hydroxylation is 1. The normalized spacial score (nSPS) is 11.5. The lowest BCUT2D eigenvalue weighted by molar-refractivity contribution is 0.0904. The summed E-state index contributed by atoms with van der Waals surface area (Å²) in [6.45, 7) is 2.12. The molecule has 0 aliphatic carbocycles. The van der Waals surface area contributed by atoms with Gasteiger partial charge in [-0.2, -0.15) is 5.10 Å². The molecular formula is C26H25N5O2. The largest absolute Gasteiger partial charge is 0.345 e. The molecule has 7 nitrogen and oxygen atoms in total. The van der Waals surface area contributed by atoms with Crippen molar-refractivity contribution in [2.45, 2.75) is 32.6 Å². The molecule has 0 saturated heterocycles. The summed E-state index contributed by atoms with van der Waals surface area (Å²) in [6, 6.07) is 9.36. The predicted molar refractivity (Wildman–Crippen MR) is 128 cm³/mol. The number of aromatic nitrogens is 5. The Labute approximate surface area is 191 Å². The summed E-state index contributed by atoms with van der Waals surface area (Å²) < 4.78 is 3.40. The molecule has 0 amide bonds. The van der Waals surface area contributed by atoms with E-state index in [1.807, 2.05) is 43.6 Å². The van der Waals surface area contributed by atoms with Gasteiger partial charge < -0.3 is 4.98 Å². The van der Waals surface area contributed by atoms with Crippen LogP contribution in [0.4, 0.5) is 0 Å². The van der Waals surface area contributed by atoms with Gasteiger partial charge in [-0.15, -0.1) is 0 Å². The highest BCUT2D eigenvalue weighted by atomic mass is 16.2. The zero-order valence-electron chi connectivity index (χ0n) is 18.7. The molecule has 0 atom stereocenters. The fraction of sp³-hybridized carbons (Fsp3) is 0.231. The molecule has 4 aromatic heterocycles. The Morgan fingerprint density at radius 3 is 2.70 bits per heavy atom. The van der Waals surface area contributed by atoms with Crippen molar-refractivity contribution >= 4 is 33.6 Å². The maximum absolute atomic E-state index is 13.6. The van der Waals surface area contributed by atoms with E-state index in [1.54, 1.807) is 34.0 Å². The Morgan fingerprint density at radius 2 is 1.91 bits per heavy atom. The van der Waals surface area contributed by atoms with Crippen molar-refractivity contribution in [2.24, 2.45) is 7.05 Å². The topological polar surface area (TPSA) is 85.6 Å². The maximum atomic E-state index is 13.6. The second-order valence-electron chi connectivity index (χ2n) is 8.33. The average Bonchev–Trinajstić information content (AvgIpc) is 3.56.